The number of hydrogen-bond acceptors (Lipinski definition) is 3. The van der Waals surface area contributed by atoms with Crippen LogP contribution in [-0.2, 0) is 10.8 Å². The van der Waals surface area contributed by atoms with E-state index in [1.807, 2.05) is 0 Å². The predicted octanol–water partition coefficient (Wildman–Crippen LogP) is 2.34. The molecule has 0 bridgehead atoms. The number of carbonyl (C=O) groups is 1. The van der Waals surface area contributed by atoms with Gasteiger partial charge in [-0.05, 0) is 49.9 Å². The van der Waals surface area contributed by atoms with Crippen LogP contribution >= 0.6 is 0 Å². The molecule has 4 nitrogen and oxygen atoms in total. The van der Waals surface area contributed by atoms with E-state index >= 15 is 0 Å². The van der Waals surface area contributed by atoms with E-state index in [-0.39, 0.29) is 12.5 Å². The highest BCUT2D eigenvalue weighted by atomic mass is 32.2. The van der Waals surface area contributed by atoms with Crippen LogP contribution in [0.5, 0.6) is 0 Å². The minimum Gasteiger partial charge on any atom is -0.388 e. The van der Waals surface area contributed by atoms with Crippen molar-refractivity contribution in [2.24, 2.45) is 5.92 Å². The van der Waals surface area contributed by atoms with E-state index in [0.29, 0.717) is 22.8 Å². The van der Waals surface area contributed by atoms with Gasteiger partial charge in [0.1, 0.15) is 0 Å². The Morgan fingerprint density at radius 2 is 1.90 bits per heavy atom. The molecule has 0 spiro atoms. The Kier molecular flexibility index (Phi) is 6.55. The zero-order valence-corrected chi connectivity index (χ0v) is 14.0. The molecule has 1 aromatic carbocycles. The van der Waals surface area contributed by atoms with Crippen molar-refractivity contribution < 1.29 is 14.1 Å². The molecule has 0 saturated heterocycles. The highest BCUT2D eigenvalue weighted by Gasteiger charge is 2.21. The lowest BCUT2D eigenvalue weighted by Crippen LogP contribution is -2.40. The summed E-state index contributed by atoms with van der Waals surface area (Å²) in [4.78, 5) is 12.7. The molecule has 5 heteroatoms. The van der Waals surface area contributed by atoms with Crippen LogP contribution in [0.4, 0.5) is 0 Å². The lowest BCUT2D eigenvalue weighted by atomic mass is 9.95. The first-order valence-corrected chi connectivity index (χ1v) is 8.71. The summed E-state index contributed by atoms with van der Waals surface area (Å²) in [5.41, 5.74) is -0.394. The number of carbonyl (C=O) groups excluding carboxylic acids is 1. The van der Waals surface area contributed by atoms with E-state index in [2.05, 4.69) is 19.2 Å². The van der Waals surface area contributed by atoms with Crippen LogP contribution in [0.2, 0.25) is 0 Å². The molecule has 0 aromatic heterocycles. The first-order valence-electron chi connectivity index (χ1n) is 7.15. The van der Waals surface area contributed by atoms with Crippen molar-refractivity contribution in [3.63, 3.8) is 0 Å². The number of rotatable bonds is 7. The van der Waals surface area contributed by atoms with Crippen molar-refractivity contribution >= 4 is 16.7 Å². The molecule has 2 atom stereocenters. The van der Waals surface area contributed by atoms with Crippen LogP contribution in [0.3, 0.4) is 0 Å². The van der Waals surface area contributed by atoms with Gasteiger partial charge in [0.05, 0.1) is 5.60 Å². The molecule has 0 fully saturated rings. The highest BCUT2D eigenvalue weighted by molar-refractivity contribution is 7.84. The van der Waals surface area contributed by atoms with Gasteiger partial charge in [0.2, 0.25) is 0 Å². The van der Waals surface area contributed by atoms with Crippen molar-refractivity contribution in [2.75, 3.05) is 12.8 Å². The normalized spacial score (nSPS) is 15.5. The number of amides is 1. The fourth-order valence-electron chi connectivity index (χ4n) is 1.86. The van der Waals surface area contributed by atoms with E-state index < -0.39 is 16.4 Å². The molecule has 0 heterocycles. The lowest BCUT2D eigenvalue weighted by molar-refractivity contribution is 0.0429. The van der Waals surface area contributed by atoms with Crippen LogP contribution < -0.4 is 5.32 Å². The van der Waals surface area contributed by atoms with Crippen molar-refractivity contribution in [3.05, 3.63) is 29.8 Å². The van der Waals surface area contributed by atoms with Gasteiger partial charge in [-0.15, -0.1) is 0 Å². The summed E-state index contributed by atoms with van der Waals surface area (Å²) >= 11 is 0. The van der Waals surface area contributed by atoms with Gasteiger partial charge in [-0.25, -0.2) is 0 Å². The summed E-state index contributed by atoms with van der Waals surface area (Å²) in [6, 6.07) is 6.66. The van der Waals surface area contributed by atoms with Gasteiger partial charge in [0.15, 0.2) is 0 Å². The van der Waals surface area contributed by atoms with Gasteiger partial charge < -0.3 is 10.4 Å². The zero-order chi connectivity index (χ0) is 16.0. The van der Waals surface area contributed by atoms with E-state index in [1.165, 1.54) is 0 Å². The van der Waals surface area contributed by atoms with Crippen LogP contribution in [0.25, 0.3) is 0 Å². The first kappa shape index (κ1) is 17.9. The van der Waals surface area contributed by atoms with Crippen molar-refractivity contribution in [2.45, 2.75) is 44.1 Å². The Morgan fingerprint density at radius 3 is 2.38 bits per heavy atom. The number of hydrogen-bond donors (Lipinski definition) is 2. The maximum absolute atomic E-state index is 12.0. The maximum atomic E-state index is 12.0. The Labute approximate surface area is 129 Å². The average Bonchev–Trinajstić information content (AvgIpc) is 2.43. The standard InChI is InChI=1S/C16H25NO3S/c1-12(2)9-10-16(3,19)11-17-15(18)13-5-7-14(8-6-13)21(4)20/h5-8,12,19H,9-11H2,1-4H3,(H,17,18). The van der Waals surface area contributed by atoms with E-state index in [0.717, 1.165) is 6.42 Å². The monoisotopic (exact) mass is 311 g/mol. The zero-order valence-electron chi connectivity index (χ0n) is 13.2. The Hall–Kier alpha value is -1.20. The molecule has 2 N–H and O–H groups in total. The molecule has 21 heavy (non-hydrogen) atoms. The Morgan fingerprint density at radius 1 is 1.33 bits per heavy atom. The molecule has 0 aliphatic rings. The van der Waals surface area contributed by atoms with Crippen molar-refractivity contribution in [1.82, 2.24) is 5.32 Å². The molecule has 118 valence electrons. The van der Waals surface area contributed by atoms with Gasteiger partial charge in [-0.2, -0.15) is 0 Å². The second-order valence-corrected chi connectivity index (χ2v) is 7.47. The van der Waals surface area contributed by atoms with Gasteiger partial charge in [-0.3, -0.25) is 9.00 Å². The van der Waals surface area contributed by atoms with Crippen LogP contribution in [0.1, 0.15) is 44.0 Å². The van der Waals surface area contributed by atoms with E-state index in [1.54, 1.807) is 37.4 Å². The predicted molar refractivity (Wildman–Crippen MR) is 85.8 cm³/mol. The number of aliphatic hydroxyl groups is 1. The molecule has 0 aliphatic heterocycles. The quantitative estimate of drug-likeness (QED) is 0.812. The topological polar surface area (TPSA) is 66.4 Å². The van der Waals surface area contributed by atoms with Gasteiger partial charge >= 0.3 is 0 Å². The molecule has 1 aromatic rings. The fraction of sp³-hybridized carbons (Fsp3) is 0.562. The summed E-state index contributed by atoms with van der Waals surface area (Å²) in [6.45, 7) is 6.17. The fourth-order valence-corrected chi connectivity index (χ4v) is 2.38. The third-order valence-corrected chi connectivity index (χ3v) is 4.27. The molecule has 0 radical (unpaired) electrons. The summed E-state index contributed by atoms with van der Waals surface area (Å²) in [7, 11) is -1.05. The van der Waals surface area contributed by atoms with Gasteiger partial charge in [0, 0.05) is 34.1 Å². The molecular formula is C16H25NO3S. The SMILES string of the molecule is CC(C)CCC(C)(O)CNC(=O)c1ccc(S(C)=O)cc1. The van der Waals surface area contributed by atoms with Gasteiger partial charge in [0.25, 0.3) is 5.91 Å². The second kappa shape index (κ2) is 7.71. The largest absolute Gasteiger partial charge is 0.388 e. The van der Waals surface area contributed by atoms with Crippen molar-refractivity contribution in [3.8, 4) is 0 Å². The highest BCUT2D eigenvalue weighted by Crippen LogP contribution is 2.16. The molecular weight excluding hydrogens is 286 g/mol. The van der Waals surface area contributed by atoms with E-state index in [9.17, 15) is 14.1 Å². The molecule has 0 saturated carbocycles. The molecule has 1 amide bonds. The summed E-state index contributed by atoms with van der Waals surface area (Å²) in [5, 5.41) is 13.0. The van der Waals surface area contributed by atoms with Crippen LogP contribution in [0, 0.1) is 5.92 Å². The lowest BCUT2D eigenvalue weighted by Gasteiger charge is -2.24. The number of nitrogens with one attached hydrogen (secondary N) is 1. The van der Waals surface area contributed by atoms with Gasteiger partial charge in [-0.1, -0.05) is 13.8 Å². The third kappa shape index (κ3) is 6.40. The van der Waals surface area contributed by atoms with Crippen LogP contribution in [0.15, 0.2) is 29.2 Å². The third-order valence-electron chi connectivity index (χ3n) is 3.34. The second-order valence-electron chi connectivity index (χ2n) is 6.09. The minimum atomic E-state index is -1.05. The van der Waals surface area contributed by atoms with E-state index in [4.69, 9.17) is 0 Å². The molecule has 1 rings (SSSR count). The maximum Gasteiger partial charge on any atom is 0.251 e. The molecule has 2 unspecified atom stereocenters. The minimum absolute atomic E-state index is 0.222. The van der Waals surface area contributed by atoms with Crippen molar-refractivity contribution in [1.29, 1.82) is 0 Å². The number of benzene rings is 1. The smallest absolute Gasteiger partial charge is 0.251 e. The van der Waals surface area contributed by atoms with Crippen LogP contribution in [-0.4, -0.2) is 33.6 Å². The Bertz CT molecular complexity index is 495. The summed E-state index contributed by atoms with van der Waals surface area (Å²) in [5.74, 6) is 0.294. The Balaban J connectivity index is 2.55. The average molecular weight is 311 g/mol. The summed E-state index contributed by atoms with van der Waals surface area (Å²) < 4.78 is 11.3. The molecule has 0 aliphatic carbocycles. The first-order chi connectivity index (χ1) is 9.71. The summed E-state index contributed by atoms with van der Waals surface area (Å²) in [6.07, 6.45) is 3.17.